The zero-order valence-corrected chi connectivity index (χ0v) is 15.9. The molecule has 0 atom stereocenters. The van der Waals surface area contributed by atoms with Gasteiger partial charge in [-0.25, -0.2) is 4.57 Å². The van der Waals surface area contributed by atoms with Crippen LogP contribution in [-0.2, 0) is 7.05 Å². The minimum atomic E-state index is 0. The van der Waals surface area contributed by atoms with Crippen LogP contribution in [0.3, 0.4) is 0 Å². The number of benzene rings is 1. The Morgan fingerprint density at radius 3 is 2.77 bits per heavy atom. The molecule has 0 spiro atoms. The van der Waals surface area contributed by atoms with Crippen molar-refractivity contribution in [2.75, 3.05) is 18.6 Å². The number of methoxy groups -OCH3 is 1. The van der Waals surface area contributed by atoms with E-state index in [9.17, 15) is 0 Å². The lowest BCUT2D eigenvalue weighted by molar-refractivity contribution is -0.673. The van der Waals surface area contributed by atoms with Gasteiger partial charge in [0.05, 0.1) is 17.8 Å². The van der Waals surface area contributed by atoms with Gasteiger partial charge in [0.1, 0.15) is 12.8 Å². The molecule has 1 aromatic heterocycles. The lowest BCUT2D eigenvalue weighted by Crippen LogP contribution is -3.00. The number of halogens is 1. The first-order chi connectivity index (χ1) is 10.2. The highest BCUT2D eigenvalue weighted by Gasteiger charge is 2.25. The average Bonchev–Trinajstić information content (AvgIpc) is 2.85. The van der Waals surface area contributed by atoms with Crippen LogP contribution in [0.25, 0.3) is 6.08 Å². The molecule has 2 aromatic rings. The van der Waals surface area contributed by atoms with Crippen LogP contribution >= 0.6 is 11.8 Å². The van der Waals surface area contributed by atoms with Gasteiger partial charge in [0.2, 0.25) is 5.69 Å². The summed E-state index contributed by atoms with van der Waals surface area (Å²) in [6.45, 7) is 3.11. The SMILES string of the molecule is CCN1/C(=C/c2cccc[n+]2C)Sc2ccc(OC)cc21.[I-]. The molecule has 0 bridgehead atoms. The zero-order chi connectivity index (χ0) is 14.8. The van der Waals surface area contributed by atoms with E-state index in [0.29, 0.717) is 0 Å². The lowest BCUT2D eigenvalue weighted by Gasteiger charge is -2.18. The maximum atomic E-state index is 5.35. The molecule has 1 aromatic carbocycles. The van der Waals surface area contributed by atoms with Crippen molar-refractivity contribution in [3.8, 4) is 5.75 Å². The number of hydrogen-bond donors (Lipinski definition) is 0. The topological polar surface area (TPSA) is 16.4 Å². The summed E-state index contributed by atoms with van der Waals surface area (Å²) in [5.74, 6) is 0.902. The van der Waals surface area contributed by atoms with E-state index in [0.717, 1.165) is 12.3 Å². The van der Waals surface area contributed by atoms with Gasteiger partial charge in [-0.15, -0.1) is 0 Å². The van der Waals surface area contributed by atoms with E-state index in [2.05, 4.69) is 60.0 Å². The summed E-state index contributed by atoms with van der Waals surface area (Å²) in [6, 6.07) is 12.5. The Morgan fingerprint density at radius 1 is 1.27 bits per heavy atom. The van der Waals surface area contributed by atoms with Crippen molar-refractivity contribution in [2.24, 2.45) is 7.05 Å². The quantitative estimate of drug-likeness (QED) is 0.524. The summed E-state index contributed by atoms with van der Waals surface area (Å²) in [5.41, 5.74) is 2.42. The van der Waals surface area contributed by atoms with Crippen molar-refractivity contribution < 1.29 is 33.3 Å². The number of aryl methyl sites for hydroxylation is 1. The molecular weight excluding hydrogens is 407 g/mol. The van der Waals surface area contributed by atoms with Gasteiger partial charge in [-0.05, 0) is 25.1 Å². The third-order valence-electron chi connectivity index (χ3n) is 3.62. The Morgan fingerprint density at radius 2 is 2.09 bits per heavy atom. The summed E-state index contributed by atoms with van der Waals surface area (Å²) < 4.78 is 7.48. The predicted molar refractivity (Wildman–Crippen MR) is 87.5 cm³/mol. The molecule has 5 heteroatoms. The second-order valence-corrected chi connectivity index (χ2v) is 5.96. The van der Waals surface area contributed by atoms with Gasteiger partial charge in [-0.3, -0.25) is 0 Å². The van der Waals surface area contributed by atoms with E-state index in [1.165, 1.54) is 21.3 Å². The summed E-state index contributed by atoms with van der Waals surface area (Å²) >= 11 is 1.81. The van der Waals surface area contributed by atoms with Gasteiger partial charge in [0.25, 0.3) is 0 Å². The van der Waals surface area contributed by atoms with E-state index < -0.39 is 0 Å². The van der Waals surface area contributed by atoms with Crippen molar-refractivity contribution in [3.05, 3.63) is 53.3 Å². The lowest BCUT2D eigenvalue weighted by atomic mass is 10.2. The van der Waals surface area contributed by atoms with Crippen molar-refractivity contribution in [1.82, 2.24) is 0 Å². The van der Waals surface area contributed by atoms with Crippen LogP contribution in [0.2, 0.25) is 0 Å². The average molecular weight is 426 g/mol. The van der Waals surface area contributed by atoms with Crippen molar-refractivity contribution in [1.29, 1.82) is 0 Å². The summed E-state index contributed by atoms with van der Waals surface area (Å²) in [5, 5.41) is 1.25. The first-order valence-electron chi connectivity index (χ1n) is 7.02. The van der Waals surface area contributed by atoms with Crippen LogP contribution < -0.4 is 38.2 Å². The molecule has 2 heterocycles. The van der Waals surface area contributed by atoms with Gasteiger partial charge < -0.3 is 33.6 Å². The number of ether oxygens (including phenoxy) is 1. The Hall–Kier alpha value is -1.21. The van der Waals surface area contributed by atoms with Crippen molar-refractivity contribution in [3.63, 3.8) is 0 Å². The molecule has 1 aliphatic heterocycles. The Kier molecular flexibility index (Phi) is 5.74. The Labute approximate surface area is 153 Å². The molecule has 0 saturated carbocycles. The molecule has 0 saturated heterocycles. The molecule has 3 rings (SSSR count). The van der Waals surface area contributed by atoms with E-state index >= 15 is 0 Å². The minimum Gasteiger partial charge on any atom is -1.00 e. The minimum absolute atomic E-state index is 0. The van der Waals surface area contributed by atoms with E-state index in [-0.39, 0.29) is 24.0 Å². The molecule has 3 nitrogen and oxygen atoms in total. The number of nitrogens with zero attached hydrogens (tertiary/aromatic N) is 2. The molecule has 0 radical (unpaired) electrons. The van der Waals surface area contributed by atoms with Crippen molar-refractivity contribution >= 4 is 23.5 Å². The van der Waals surface area contributed by atoms with Crippen LogP contribution in [-0.4, -0.2) is 13.7 Å². The molecule has 1 aliphatic rings. The second-order valence-electron chi connectivity index (χ2n) is 4.90. The predicted octanol–water partition coefficient (Wildman–Crippen LogP) is 0.454. The summed E-state index contributed by atoms with van der Waals surface area (Å²) in [6.07, 6.45) is 4.30. The van der Waals surface area contributed by atoms with Crippen molar-refractivity contribution in [2.45, 2.75) is 11.8 Å². The Balaban J connectivity index is 0.00000176. The molecule has 0 amide bonds. The number of rotatable bonds is 3. The first-order valence-corrected chi connectivity index (χ1v) is 7.84. The molecule has 0 aliphatic carbocycles. The number of thioether (sulfide) groups is 1. The van der Waals surface area contributed by atoms with Gasteiger partial charge in [-0.1, -0.05) is 11.8 Å². The van der Waals surface area contributed by atoms with E-state index in [4.69, 9.17) is 4.74 Å². The van der Waals surface area contributed by atoms with Gasteiger partial charge in [0.15, 0.2) is 6.20 Å². The summed E-state index contributed by atoms with van der Waals surface area (Å²) in [4.78, 5) is 3.61. The molecule has 0 N–H and O–H groups in total. The van der Waals surface area contributed by atoms with Crippen LogP contribution in [0.5, 0.6) is 5.75 Å². The standard InChI is InChI=1S/C17H19N2OS.HI/c1-4-19-15-12-14(20-3)8-9-16(15)21-17(19)11-13-7-5-6-10-18(13)2;/h5-12H,4H2,1-3H3;1H/q+1;/p-1. The first kappa shape index (κ1) is 17.1. The maximum absolute atomic E-state index is 5.35. The van der Waals surface area contributed by atoms with E-state index in [1.54, 1.807) is 7.11 Å². The fourth-order valence-electron chi connectivity index (χ4n) is 2.45. The molecule has 22 heavy (non-hydrogen) atoms. The number of fused-ring (bicyclic) bond motifs is 1. The highest BCUT2D eigenvalue weighted by Crippen LogP contribution is 2.47. The van der Waals surface area contributed by atoms with Crippen LogP contribution in [0.15, 0.2) is 52.5 Å². The molecule has 116 valence electrons. The number of hydrogen-bond acceptors (Lipinski definition) is 3. The van der Waals surface area contributed by atoms with Crippen LogP contribution in [0.1, 0.15) is 12.6 Å². The fourth-order valence-corrected chi connectivity index (χ4v) is 3.61. The molecular formula is C17H19IN2OS. The third-order valence-corrected chi connectivity index (χ3v) is 4.73. The number of aromatic nitrogens is 1. The normalized spacial score (nSPS) is 14.7. The van der Waals surface area contributed by atoms with Crippen LogP contribution in [0.4, 0.5) is 5.69 Å². The highest BCUT2D eigenvalue weighted by atomic mass is 127. The second kappa shape index (κ2) is 7.37. The smallest absolute Gasteiger partial charge is 0.207 e. The largest absolute Gasteiger partial charge is 1.00 e. The third kappa shape index (κ3) is 3.25. The Bertz CT molecular complexity index is 703. The number of pyridine rings is 1. The number of anilines is 1. The van der Waals surface area contributed by atoms with Gasteiger partial charge in [0, 0.05) is 35.7 Å². The highest BCUT2D eigenvalue weighted by molar-refractivity contribution is 8.03. The molecule has 0 fully saturated rings. The fraction of sp³-hybridized carbons (Fsp3) is 0.235. The monoisotopic (exact) mass is 426 g/mol. The maximum Gasteiger partial charge on any atom is 0.207 e. The molecule has 0 unspecified atom stereocenters. The van der Waals surface area contributed by atoms with Gasteiger partial charge in [-0.2, -0.15) is 0 Å². The zero-order valence-electron chi connectivity index (χ0n) is 12.9. The van der Waals surface area contributed by atoms with Crippen LogP contribution in [0, 0.1) is 0 Å². The summed E-state index contributed by atoms with van der Waals surface area (Å²) in [7, 11) is 3.78. The van der Waals surface area contributed by atoms with E-state index in [1.807, 2.05) is 23.9 Å². The van der Waals surface area contributed by atoms with Gasteiger partial charge >= 0.3 is 0 Å².